The van der Waals surface area contributed by atoms with Crippen LogP contribution in [0.3, 0.4) is 0 Å². The number of nitrogens with zero attached hydrogens (tertiary/aromatic N) is 1. The summed E-state index contributed by atoms with van der Waals surface area (Å²) >= 11 is 6.06. The minimum absolute atomic E-state index is 0.428. The van der Waals surface area contributed by atoms with Crippen LogP contribution in [-0.2, 0) is 11.2 Å². The third kappa shape index (κ3) is 3.32. The first kappa shape index (κ1) is 13.6. The standard InChI is InChI=1S/C15H14ClNO2/c1-10-2-3-12(9-14(10)16)13(15(18)19)8-11-4-6-17-7-5-11/h2-7,9,13H,8H2,1H3,(H,18,19). The molecule has 4 heteroatoms. The van der Waals surface area contributed by atoms with Gasteiger partial charge in [0, 0.05) is 17.4 Å². The van der Waals surface area contributed by atoms with E-state index in [0.717, 1.165) is 16.7 Å². The quantitative estimate of drug-likeness (QED) is 0.930. The van der Waals surface area contributed by atoms with Gasteiger partial charge in [-0.15, -0.1) is 0 Å². The molecule has 1 atom stereocenters. The molecule has 0 aliphatic heterocycles. The van der Waals surface area contributed by atoms with Gasteiger partial charge in [0.05, 0.1) is 5.92 Å². The van der Waals surface area contributed by atoms with Crippen LogP contribution in [0.4, 0.5) is 0 Å². The molecule has 1 aromatic carbocycles. The second-order valence-electron chi connectivity index (χ2n) is 4.46. The zero-order valence-corrected chi connectivity index (χ0v) is 11.3. The van der Waals surface area contributed by atoms with Gasteiger partial charge < -0.3 is 5.11 Å². The van der Waals surface area contributed by atoms with E-state index < -0.39 is 11.9 Å². The lowest BCUT2D eigenvalue weighted by molar-refractivity contribution is -0.138. The minimum Gasteiger partial charge on any atom is -0.481 e. The first-order valence-electron chi connectivity index (χ1n) is 5.95. The predicted molar refractivity (Wildman–Crippen MR) is 74.5 cm³/mol. The second-order valence-corrected chi connectivity index (χ2v) is 4.87. The number of hydrogen-bond acceptors (Lipinski definition) is 2. The van der Waals surface area contributed by atoms with Gasteiger partial charge in [-0.3, -0.25) is 9.78 Å². The van der Waals surface area contributed by atoms with Crippen molar-refractivity contribution < 1.29 is 9.90 Å². The van der Waals surface area contributed by atoms with Gasteiger partial charge >= 0.3 is 5.97 Å². The largest absolute Gasteiger partial charge is 0.481 e. The zero-order valence-electron chi connectivity index (χ0n) is 10.5. The van der Waals surface area contributed by atoms with E-state index in [4.69, 9.17) is 11.6 Å². The Hall–Kier alpha value is -1.87. The van der Waals surface area contributed by atoms with Gasteiger partial charge in [0.2, 0.25) is 0 Å². The molecule has 0 aliphatic rings. The van der Waals surface area contributed by atoms with Crippen molar-refractivity contribution in [3.63, 3.8) is 0 Å². The number of aliphatic carboxylic acids is 1. The number of rotatable bonds is 4. The number of aromatic nitrogens is 1. The molecule has 0 fully saturated rings. The van der Waals surface area contributed by atoms with Gasteiger partial charge in [-0.25, -0.2) is 0 Å². The van der Waals surface area contributed by atoms with Crippen LogP contribution in [0.15, 0.2) is 42.7 Å². The van der Waals surface area contributed by atoms with Gasteiger partial charge in [-0.05, 0) is 48.2 Å². The van der Waals surface area contributed by atoms with Crippen molar-refractivity contribution in [3.05, 3.63) is 64.4 Å². The summed E-state index contributed by atoms with van der Waals surface area (Å²) in [6, 6.07) is 9.05. The van der Waals surface area contributed by atoms with Crippen LogP contribution in [0.1, 0.15) is 22.6 Å². The number of carboxylic acid groups (broad SMARTS) is 1. The Morgan fingerprint density at radius 2 is 2.00 bits per heavy atom. The maximum absolute atomic E-state index is 11.4. The van der Waals surface area contributed by atoms with Crippen LogP contribution in [0.5, 0.6) is 0 Å². The Kier molecular flexibility index (Phi) is 4.17. The molecule has 0 aliphatic carbocycles. The molecule has 0 bridgehead atoms. The Balaban J connectivity index is 2.30. The molecule has 98 valence electrons. The molecule has 1 N–H and O–H groups in total. The topological polar surface area (TPSA) is 50.2 Å². The maximum atomic E-state index is 11.4. The van der Waals surface area contributed by atoms with Gasteiger partial charge in [0.1, 0.15) is 0 Å². The summed E-state index contributed by atoms with van der Waals surface area (Å²) in [4.78, 5) is 15.4. The highest BCUT2D eigenvalue weighted by Crippen LogP contribution is 2.25. The number of hydrogen-bond donors (Lipinski definition) is 1. The van der Waals surface area contributed by atoms with Crippen molar-refractivity contribution in [2.45, 2.75) is 19.3 Å². The first-order chi connectivity index (χ1) is 9.08. The smallest absolute Gasteiger partial charge is 0.311 e. The Labute approximate surface area is 116 Å². The fourth-order valence-electron chi connectivity index (χ4n) is 1.93. The molecule has 0 spiro atoms. The normalized spacial score (nSPS) is 12.1. The lowest BCUT2D eigenvalue weighted by atomic mass is 9.92. The lowest BCUT2D eigenvalue weighted by Crippen LogP contribution is -2.14. The van der Waals surface area contributed by atoms with Crippen LogP contribution in [0.2, 0.25) is 5.02 Å². The highest BCUT2D eigenvalue weighted by atomic mass is 35.5. The number of carbonyl (C=O) groups is 1. The summed E-state index contributed by atoms with van der Waals surface area (Å²) in [5.41, 5.74) is 2.61. The predicted octanol–water partition coefficient (Wildman–Crippen LogP) is 3.45. The Morgan fingerprint density at radius 1 is 1.32 bits per heavy atom. The summed E-state index contributed by atoms with van der Waals surface area (Å²) in [5.74, 6) is -1.45. The molecule has 1 heterocycles. The summed E-state index contributed by atoms with van der Waals surface area (Å²) in [7, 11) is 0. The van der Waals surface area contributed by atoms with Crippen LogP contribution in [-0.4, -0.2) is 16.1 Å². The number of benzene rings is 1. The summed E-state index contributed by atoms with van der Waals surface area (Å²) in [6.45, 7) is 1.89. The van der Waals surface area contributed by atoms with Gasteiger partial charge in [-0.2, -0.15) is 0 Å². The fourth-order valence-corrected chi connectivity index (χ4v) is 2.12. The minimum atomic E-state index is -0.850. The van der Waals surface area contributed by atoms with Crippen molar-refractivity contribution in [2.75, 3.05) is 0 Å². The first-order valence-corrected chi connectivity index (χ1v) is 6.33. The average Bonchev–Trinajstić information content (AvgIpc) is 2.40. The van der Waals surface area contributed by atoms with E-state index in [2.05, 4.69) is 4.98 Å². The molecule has 19 heavy (non-hydrogen) atoms. The molecular weight excluding hydrogens is 262 g/mol. The molecule has 2 aromatic rings. The third-order valence-corrected chi connectivity index (χ3v) is 3.49. The molecule has 1 unspecified atom stereocenters. The van der Waals surface area contributed by atoms with Crippen LogP contribution < -0.4 is 0 Å². The molecule has 0 radical (unpaired) electrons. The van der Waals surface area contributed by atoms with E-state index in [1.54, 1.807) is 18.5 Å². The van der Waals surface area contributed by atoms with E-state index in [9.17, 15) is 9.90 Å². The molecule has 0 amide bonds. The number of pyridine rings is 1. The highest BCUT2D eigenvalue weighted by molar-refractivity contribution is 6.31. The number of aryl methyl sites for hydroxylation is 1. The van der Waals surface area contributed by atoms with Gasteiger partial charge in [0.15, 0.2) is 0 Å². The molecule has 3 nitrogen and oxygen atoms in total. The molecular formula is C15H14ClNO2. The Bertz CT molecular complexity index is 584. The second kappa shape index (κ2) is 5.85. The fraction of sp³-hybridized carbons (Fsp3) is 0.200. The molecule has 2 rings (SSSR count). The van der Waals surface area contributed by atoms with Crippen molar-refractivity contribution in [3.8, 4) is 0 Å². The number of halogens is 1. The van der Waals surface area contributed by atoms with E-state index in [0.29, 0.717) is 11.4 Å². The van der Waals surface area contributed by atoms with Crippen LogP contribution in [0, 0.1) is 6.92 Å². The van der Waals surface area contributed by atoms with Crippen LogP contribution in [0.25, 0.3) is 0 Å². The van der Waals surface area contributed by atoms with E-state index >= 15 is 0 Å². The van der Waals surface area contributed by atoms with Crippen molar-refractivity contribution in [2.24, 2.45) is 0 Å². The molecule has 0 saturated carbocycles. The summed E-state index contributed by atoms with van der Waals surface area (Å²) in [5, 5.41) is 9.99. The van der Waals surface area contributed by atoms with Crippen LogP contribution >= 0.6 is 11.6 Å². The van der Waals surface area contributed by atoms with E-state index in [-0.39, 0.29) is 0 Å². The lowest BCUT2D eigenvalue weighted by Gasteiger charge is -2.14. The van der Waals surface area contributed by atoms with E-state index in [1.807, 2.05) is 31.2 Å². The average molecular weight is 276 g/mol. The maximum Gasteiger partial charge on any atom is 0.311 e. The zero-order chi connectivity index (χ0) is 13.8. The third-order valence-electron chi connectivity index (χ3n) is 3.09. The molecule has 0 saturated heterocycles. The van der Waals surface area contributed by atoms with Crippen molar-refractivity contribution in [1.82, 2.24) is 4.98 Å². The SMILES string of the molecule is Cc1ccc(C(Cc2ccncc2)C(=O)O)cc1Cl. The monoisotopic (exact) mass is 275 g/mol. The van der Waals surface area contributed by atoms with Crippen molar-refractivity contribution in [1.29, 1.82) is 0 Å². The van der Waals surface area contributed by atoms with Gasteiger partial charge in [0.25, 0.3) is 0 Å². The Morgan fingerprint density at radius 3 is 2.58 bits per heavy atom. The highest BCUT2D eigenvalue weighted by Gasteiger charge is 2.20. The van der Waals surface area contributed by atoms with E-state index in [1.165, 1.54) is 0 Å². The summed E-state index contributed by atoms with van der Waals surface area (Å²) in [6.07, 6.45) is 3.75. The summed E-state index contributed by atoms with van der Waals surface area (Å²) < 4.78 is 0. The molecule has 1 aromatic heterocycles. The number of carboxylic acids is 1. The van der Waals surface area contributed by atoms with Gasteiger partial charge in [-0.1, -0.05) is 23.7 Å². The van der Waals surface area contributed by atoms with Crippen molar-refractivity contribution >= 4 is 17.6 Å².